The van der Waals surface area contributed by atoms with Gasteiger partial charge in [-0.2, -0.15) is 4.31 Å². The highest BCUT2D eigenvalue weighted by Crippen LogP contribution is 2.31. The quantitative estimate of drug-likeness (QED) is 0.699. The fourth-order valence-electron chi connectivity index (χ4n) is 3.62. The number of rotatable bonds is 7. The maximum Gasteiger partial charge on any atom is 0.265 e. The van der Waals surface area contributed by atoms with Gasteiger partial charge in [-0.05, 0) is 81.5 Å². The van der Waals surface area contributed by atoms with Crippen LogP contribution in [0.15, 0.2) is 35.2 Å². The van der Waals surface area contributed by atoms with Crippen LogP contribution in [0.2, 0.25) is 0 Å². The van der Waals surface area contributed by atoms with Crippen LogP contribution in [0.3, 0.4) is 0 Å². The number of aryl methyl sites for hydroxylation is 2. The molecule has 0 bridgehead atoms. The van der Waals surface area contributed by atoms with Gasteiger partial charge >= 0.3 is 0 Å². The Kier molecular flexibility index (Phi) is 6.91. The van der Waals surface area contributed by atoms with Gasteiger partial charge in [0.25, 0.3) is 5.91 Å². The maximum absolute atomic E-state index is 12.9. The van der Waals surface area contributed by atoms with E-state index in [1.165, 1.54) is 23.5 Å². The minimum absolute atomic E-state index is 0.129. The minimum atomic E-state index is -3.61. The lowest BCUT2D eigenvalue weighted by Crippen LogP contribution is -2.31. The summed E-state index contributed by atoms with van der Waals surface area (Å²) in [4.78, 5) is 13.0. The van der Waals surface area contributed by atoms with Gasteiger partial charge in [-0.3, -0.25) is 4.79 Å². The molecule has 1 aliphatic rings. The largest absolute Gasteiger partial charge is 0.495 e. The predicted molar refractivity (Wildman–Crippen MR) is 120 cm³/mol. The van der Waals surface area contributed by atoms with E-state index in [-0.39, 0.29) is 4.90 Å². The number of hydrogen-bond acceptors (Lipinski definition) is 5. The lowest BCUT2D eigenvalue weighted by Gasteiger charge is -2.20. The molecule has 1 amide bonds. The number of methoxy groups -OCH3 is 1. The Labute approximate surface area is 184 Å². The average Bonchev–Trinajstić information content (AvgIpc) is 3.27. The molecule has 1 N–H and O–H groups in total. The molecule has 2 aromatic carbocycles. The van der Waals surface area contributed by atoms with Crippen LogP contribution in [0.1, 0.15) is 36.5 Å². The number of sulfonamides is 1. The SMILES string of the molecule is COc1ccc(S(=O)(=O)N2CCCC2)cc1NC(=O)C(C)Oc1cc(C)cc(C)c1C. The first-order valence-corrected chi connectivity index (χ1v) is 11.8. The van der Waals surface area contributed by atoms with Crippen molar-refractivity contribution in [2.75, 3.05) is 25.5 Å². The molecule has 1 unspecified atom stereocenters. The van der Waals surface area contributed by atoms with E-state index in [1.807, 2.05) is 26.8 Å². The van der Waals surface area contributed by atoms with E-state index >= 15 is 0 Å². The normalized spacial score (nSPS) is 15.5. The number of ether oxygens (including phenoxy) is 2. The van der Waals surface area contributed by atoms with Gasteiger partial charge in [0.1, 0.15) is 11.5 Å². The first-order chi connectivity index (χ1) is 14.6. The molecule has 31 heavy (non-hydrogen) atoms. The Balaban J connectivity index is 1.81. The zero-order valence-electron chi connectivity index (χ0n) is 18.7. The highest BCUT2D eigenvalue weighted by atomic mass is 32.2. The van der Waals surface area contributed by atoms with E-state index in [2.05, 4.69) is 11.4 Å². The van der Waals surface area contributed by atoms with Gasteiger partial charge in [-0.1, -0.05) is 6.07 Å². The number of hydrogen-bond donors (Lipinski definition) is 1. The molecule has 2 aromatic rings. The summed E-state index contributed by atoms with van der Waals surface area (Å²) < 4.78 is 38.5. The summed E-state index contributed by atoms with van der Waals surface area (Å²) in [7, 11) is -2.14. The van der Waals surface area contributed by atoms with Crippen LogP contribution >= 0.6 is 0 Å². The molecule has 0 saturated carbocycles. The number of benzene rings is 2. The van der Waals surface area contributed by atoms with Crippen molar-refractivity contribution in [3.63, 3.8) is 0 Å². The number of amides is 1. The Morgan fingerprint density at radius 3 is 2.39 bits per heavy atom. The van der Waals surface area contributed by atoms with Gasteiger partial charge in [0.05, 0.1) is 17.7 Å². The molecule has 0 spiro atoms. The lowest BCUT2D eigenvalue weighted by molar-refractivity contribution is -0.122. The molecule has 1 saturated heterocycles. The molecule has 7 nitrogen and oxygen atoms in total. The third kappa shape index (κ3) is 5.02. The van der Waals surface area contributed by atoms with Crippen LogP contribution in [0.5, 0.6) is 11.5 Å². The summed E-state index contributed by atoms with van der Waals surface area (Å²) in [6.07, 6.45) is 0.917. The molecule has 1 aliphatic heterocycles. The van der Waals surface area contributed by atoms with Crippen LogP contribution in [-0.4, -0.2) is 44.9 Å². The van der Waals surface area contributed by atoms with E-state index in [4.69, 9.17) is 9.47 Å². The molecular formula is C23H30N2O5S. The van der Waals surface area contributed by atoms with Crippen molar-refractivity contribution >= 4 is 21.6 Å². The molecule has 0 radical (unpaired) electrons. The fraction of sp³-hybridized carbons (Fsp3) is 0.435. The van der Waals surface area contributed by atoms with E-state index in [0.717, 1.165) is 29.5 Å². The van der Waals surface area contributed by atoms with Gasteiger partial charge in [0, 0.05) is 13.1 Å². The highest BCUT2D eigenvalue weighted by molar-refractivity contribution is 7.89. The zero-order chi connectivity index (χ0) is 22.8. The van der Waals surface area contributed by atoms with E-state index in [0.29, 0.717) is 30.3 Å². The molecule has 168 valence electrons. The molecule has 0 aliphatic carbocycles. The third-order valence-electron chi connectivity index (χ3n) is 5.57. The standard InChI is InChI=1S/C23H30N2O5S/c1-15-12-16(2)17(3)22(13-15)30-18(4)23(26)24-20-14-19(8-9-21(20)29-5)31(27,28)25-10-6-7-11-25/h8-9,12-14,18H,6-7,10-11H2,1-5H3,(H,24,26). The summed E-state index contributed by atoms with van der Waals surface area (Å²) in [5, 5.41) is 2.76. The van der Waals surface area contributed by atoms with E-state index < -0.39 is 22.0 Å². The van der Waals surface area contributed by atoms with Crippen LogP contribution in [-0.2, 0) is 14.8 Å². The summed E-state index contributed by atoms with van der Waals surface area (Å²) in [5.74, 6) is 0.633. The van der Waals surface area contributed by atoms with E-state index in [9.17, 15) is 13.2 Å². The second kappa shape index (κ2) is 9.28. The van der Waals surface area contributed by atoms with Crippen LogP contribution in [0.25, 0.3) is 0 Å². The fourth-order valence-corrected chi connectivity index (χ4v) is 5.17. The average molecular weight is 447 g/mol. The minimum Gasteiger partial charge on any atom is -0.495 e. The molecule has 3 rings (SSSR count). The second-order valence-electron chi connectivity index (χ2n) is 7.93. The summed E-state index contributed by atoms with van der Waals surface area (Å²) >= 11 is 0. The van der Waals surface area contributed by atoms with Crippen LogP contribution in [0, 0.1) is 20.8 Å². The van der Waals surface area contributed by atoms with Gasteiger partial charge in [-0.25, -0.2) is 8.42 Å². The van der Waals surface area contributed by atoms with Crippen molar-refractivity contribution < 1.29 is 22.7 Å². The number of nitrogens with zero attached hydrogens (tertiary/aromatic N) is 1. The summed E-state index contributed by atoms with van der Waals surface area (Å²) in [5.41, 5.74) is 3.40. The summed E-state index contributed by atoms with van der Waals surface area (Å²) in [6, 6.07) is 8.46. The van der Waals surface area contributed by atoms with Crippen molar-refractivity contribution in [2.45, 2.75) is 51.5 Å². The Morgan fingerprint density at radius 2 is 1.74 bits per heavy atom. The molecule has 1 heterocycles. The van der Waals surface area contributed by atoms with Gasteiger partial charge in [-0.15, -0.1) is 0 Å². The smallest absolute Gasteiger partial charge is 0.265 e. The summed E-state index contributed by atoms with van der Waals surface area (Å²) in [6.45, 7) is 8.60. The third-order valence-corrected chi connectivity index (χ3v) is 7.46. The van der Waals surface area contributed by atoms with Crippen molar-refractivity contribution in [3.05, 3.63) is 47.0 Å². The number of nitrogens with one attached hydrogen (secondary N) is 1. The topological polar surface area (TPSA) is 84.9 Å². The predicted octanol–water partition coefficient (Wildman–Crippen LogP) is 3.81. The Bertz CT molecular complexity index is 1080. The Morgan fingerprint density at radius 1 is 1.06 bits per heavy atom. The maximum atomic E-state index is 12.9. The van der Waals surface area contributed by atoms with Gasteiger partial charge in [0.2, 0.25) is 10.0 Å². The van der Waals surface area contributed by atoms with Crippen molar-refractivity contribution in [2.24, 2.45) is 0 Å². The number of carbonyl (C=O) groups is 1. The molecule has 8 heteroatoms. The van der Waals surface area contributed by atoms with Crippen LogP contribution in [0.4, 0.5) is 5.69 Å². The first-order valence-electron chi connectivity index (χ1n) is 10.4. The van der Waals surface area contributed by atoms with E-state index in [1.54, 1.807) is 13.0 Å². The molecule has 1 fully saturated rings. The van der Waals surface area contributed by atoms with Crippen molar-refractivity contribution in [1.82, 2.24) is 4.31 Å². The first kappa shape index (κ1) is 23.1. The molecule has 1 atom stereocenters. The Hall–Kier alpha value is -2.58. The van der Waals surface area contributed by atoms with Crippen LogP contribution < -0.4 is 14.8 Å². The van der Waals surface area contributed by atoms with Gasteiger partial charge in [0.15, 0.2) is 6.10 Å². The monoisotopic (exact) mass is 446 g/mol. The highest BCUT2D eigenvalue weighted by Gasteiger charge is 2.28. The number of carbonyl (C=O) groups excluding carboxylic acids is 1. The molecule has 0 aromatic heterocycles. The van der Waals surface area contributed by atoms with Gasteiger partial charge < -0.3 is 14.8 Å². The lowest BCUT2D eigenvalue weighted by atomic mass is 10.1. The van der Waals surface area contributed by atoms with Crippen molar-refractivity contribution in [1.29, 1.82) is 0 Å². The zero-order valence-corrected chi connectivity index (χ0v) is 19.5. The molecular weight excluding hydrogens is 416 g/mol. The number of anilines is 1. The van der Waals surface area contributed by atoms with Crippen molar-refractivity contribution in [3.8, 4) is 11.5 Å². The second-order valence-corrected chi connectivity index (χ2v) is 9.87.